The Morgan fingerprint density at radius 3 is 2.35 bits per heavy atom. The number of fused-ring (bicyclic) bond motifs is 1. The molecule has 0 fully saturated rings. The molecule has 3 aromatic carbocycles. The van der Waals surface area contributed by atoms with Crippen molar-refractivity contribution in [2.24, 2.45) is 0 Å². The summed E-state index contributed by atoms with van der Waals surface area (Å²) in [5.74, 6) is -0.918. The fraction of sp³-hybridized carbons (Fsp3) is 0.257. The summed E-state index contributed by atoms with van der Waals surface area (Å²) in [5.41, 5.74) is 0.877. The molecule has 0 radical (unpaired) electrons. The number of rotatable bonds is 11. The molecular formula is C35H37FIN5O9S. The zero-order chi connectivity index (χ0) is 38.3. The van der Waals surface area contributed by atoms with Gasteiger partial charge in [0.25, 0.3) is 21.6 Å². The van der Waals surface area contributed by atoms with E-state index in [9.17, 15) is 22.8 Å². The van der Waals surface area contributed by atoms with E-state index in [1.807, 2.05) is 6.07 Å². The molecule has 5 aromatic rings. The maximum absolute atomic E-state index is 15.3. The van der Waals surface area contributed by atoms with E-state index < -0.39 is 43.5 Å². The van der Waals surface area contributed by atoms with Gasteiger partial charge in [0.2, 0.25) is 0 Å². The van der Waals surface area contributed by atoms with Crippen LogP contribution in [0.1, 0.15) is 27.0 Å². The molecule has 0 aliphatic carbocycles. The normalized spacial score (nSPS) is 12.4. The highest BCUT2D eigenvalue weighted by atomic mass is 127. The van der Waals surface area contributed by atoms with Crippen molar-refractivity contribution in [3.8, 4) is 22.9 Å². The molecule has 5 rings (SSSR count). The molecule has 52 heavy (non-hydrogen) atoms. The van der Waals surface area contributed by atoms with Crippen molar-refractivity contribution in [3.63, 3.8) is 0 Å². The number of carbonyl (C=O) groups is 2. The molecule has 1 amide bonds. The molecule has 0 aliphatic heterocycles. The summed E-state index contributed by atoms with van der Waals surface area (Å²) >= 11 is 2.09. The van der Waals surface area contributed by atoms with Crippen molar-refractivity contribution < 1.29 is 41.2 Å². The largest absolute Gasteiger partial charge is 0.497 e. The van der Waals surface area contributed by atoms with Crippen LogP contribution in [0.15, 0.2) is 83.8 Å². The molecule has 0 saturated heterocycles. The Bertz CT molecular complexity index is 2240. The Hall–Kier alpha value is -4.85. The van der Waals surface area contributed by atoms with Gasteiger partial charge >= 0.3 is 5.97 Å². The number of ether oxygens (including phenoxy) is 3. The lowest BCUT2D eigenvalue weighted by Crippen LogP contribution is -2.32. The molecule has 0 bridgehead atoms. The van der Waals surface area contributed by atoms with Crippen molar-refractivity contribution >= 4 is 61.2 Å². The van der Waals surface area contributed by atoms with Gasteiger partial charge in [-0.3, -0.25) is 33.5 Å². The van der Waals surface area contributed by atoms with Gasteiger partial charge in [0.1, 0.15) is 27.2 Å². The van der Waals surface area contributed by atoms with E-state index in [0.29, 0.717) is 40.0 Å². The number of pyridine rings is 1. The van der Waals surface area contributed by atoms with Crippen LogP contribution in [0.5, 0.6) is 17.2 Å². The fourth-order valence-electron chi connectivity index (χ4n) is 5.04. The molecule has 0 saturated carbocycles. The van der Waals surface area contributed by atoms with Crippen molar-refractivity contribution in [2.75, 3.05) is 39.3 Å². The van der Waals surface area contributed by atoms with Crippen LogP contribution in [0, 0.1) is 12.7 Å². The number of para-hydroxylation sites is 1. The number of amides is 1. The second-order valence-corrected chi connectivity index (χ2v) is 14.4. The van der Waals surface area contributed by atoms with Crippen LogP contribution in [0.25, 0.3) is 16.6 Å². The van der Waals surface area contributed by atoms with Gasteiger partial charge in [-0.1, -0.05) is 40.8 Å². The zero-order valence-corrected chi connectivity index (χ0v) is 32.0. The number of carbonyl (C=O) groups excluding carboxylic acids is 2. The number of aromatic nitrogens is 3. The van der Waals surface area contributed by atoms with Gasteiger partial charge in [0, 0.05) is 29.4 Å². The van der Waals surface area contributed by atoms with Crippen LogP contribution in [-0.4, -0.2) is 84.2 Å². The number of hydrogen-bond donors (Lipinski definition) is 2. The van der Waals surface area contributed by atoms with Crippen molar-refractivity contribution in [1.29, 1.82) is 0 Å². The number of nitrogens with zero attached hydrogens (tertiary/aromatic N) is 4. The van der Waals surface area contributed by atoms with Crippen LogP contribution in [0.4, 0.5) is 10.1 Å². The lowest BCUT2D eigenvalue weighted by molar-refractivity contribution is -0.149. The second-order valence-electron chi connectivity index (χ2n) is 11.7. The monoisotopic (exact) mass is 849 g/mol. The van der Waals surface area contributed by atoms with Gasteiger partial charge in [-0.05, 0) is 70.4 Å². The number of halogens is 2. The minimum absolute atomic E-state index is 0.0642. The lowest BCUT2D eigenvalue weighted by atomic mass is 10.2. The summed E-state index contributed by atoms with van der Waals surface area (Å²) in [4.78, 5) is 45.9. The molecule has 2 atom stereocenters. The molecule has 17 heteroatoms. The van der Waals surface area contributed by atoms with Crippen molar-refractivity contribution in [2.45, 2.75) is 24.0 Å². The summed E-state index contributed by atoms with van der Waals surface area (Å²) in [6.07, 6.45) is 1.61. The molecule has 14 nitrogen and oxygen atoms in total. The number of methoxy groups -OCH3 is 1. The Morgan fingerprint density at radius 1 is 1.06 bits per heavy atom. The third-order valence-electron chi connectivity index (χ3n) is 7.26. The predicted molar refractivity (Wildman–Crippen MR) is 202 cm³/mol. The number of benzene rings is 3. The highest BCUT2D eigenvalue weighted by Gasteiger charge is 2.30. The first-order chi connectivity index (χ1) is 24.5. The van der Waals surface area contributed by atoms with Crippen LogP contribution in [-0.2, 0) is 19.6 Å². The van der Waals surface area contributed by atoms with Crippen LogP contribution < -0.4 is 20.3 Å². The maximum atomic E-state index is 15.3. The van der Waals surface area contributed by atoms with Gasteiger partial charge in [0.15, 0.2) is 11.6 Å². The average Bonchev–Trinajstić information content (AvgIpc) is 3.33. The van der Waals surface area contributed by atoms with E-state index in [1.165, 1.54) is 16.8 Å². The first-order valence-corrected chi connectivity index (χ1v) is 18.6. The Balaban J connectivity index is 0.00000113. The number of esters is 1. The minimum atomic E-state index is -3.67. The van der Waals surface area contributed by atoms with E-state index in [4.69, 9.17) is 18.8 Å². The Morgan fingerprint density at radius 2 is 1.73 bits per heavy atom. The van der Waals surface area contributed by atoms with Crippen molar-refractivity contribution in [3.05, 3.63) is 106 Å². The van der Waals surface area contributed by atoms with E-state index in [2.05, 4.69) is 32.9 Å². The molecule has 2 heterocycles. The standard InChI is InChI=1S/C34H33FIN5O6.CH4O3S/c1-20-31(34(44)41(23-9-7-6-8-10-23)40(20)32(36)21(2)46-30(42)19-39(3)4)33(43)38-22-11-14-29(26(35)17-22)47-28-15-16-37-27-18-24(45-5)12-13-25(27)28;1-5(2,3)4/h6-18,21,32H,19H2,1-5H3,(H,38,43);1H3,(H,2,3,4). The third-order valence-corrected chi connectivity index (χ3v) is 8.80. The van der Waals surface area contributed by atoms with E-state index >= 15 is 4.39 Å². The molecule has 2 N–H and O–H groups in total. The molecular weight excluding hydrogens is 812 g/mol. The molecule has 276 valence electrons. The van der Waals surface area contributed by atoms with E-state index in [-0.39, 0.29) is 23.5 Å². The van der Waals surface area contributed by atoms with Gasteiger partial charge in [-0.25, -0.2) is 9.07 Å². The highest BCUT2D eigenvalue weighted by Crippen LogP contribution is 2.33. The fourth-order valence-corrected chi connectivity index (χ4v) is 5.85. The number of likely N-dealkylation sites (N-methyl/N-ethyl adjacent to an activating group) is 1. The molecule has 2 aromatic heterocycles. The first-order valence-electron chi connectivity index (χ1n) is 15.5. The minimum Gasteiger partial charge on any atom is -0.497 e. The van der Waals surface area contributed by atoms with Crippen molar-refractivity contribution in [1.82, 2.24) is 19.2 Å². The summed E-state index contributed by atoms with van der Waals surface area (Å²) in [6, 6.07) is 19.7. The highest BCUT2D eigenvalue weighted by molar-refractivity contribution is 14.1. The van der Waals surface area contributed by atoms with Gasteiger partial charge in [-0.15, -0.1) is 0 Å². The number of alkyl halides is 1. The van der Waals surface area contributed by atoms with Gasteiger partial charge < -0.3 is 19.5 Å². The summed E-state index contributed by atoms with van der Waals surface area (Å²) in [6.45, 7) is 3.45. The number of hydrogen-bond acceptors (Lipinski definition) is 10. The first kappa shape index (κ1) is 39.9. The molecule has 0 spiro atoms. The number of nitrogens with one attached hydrogen (secondary N) is 1. The Labute approximate surface area is 313 Å². The summed E-state index contributed by atoms with van der Waals surface area (Å²) in [5, 5.41) is 3.31. The molecule has 2 unspecified atom stereocenters. The van der Waals surface area contributed by atoms with Gasteiger partial charge in [-0.2, -0.15) is 8.42 Å². The van der Waals surface area contributed by atoms with E-state index in [1.54, 1.807) is 99.4 Å². The van der Waals surface area contributed by atoms with Crippen LogP contribution in [0.3, 0.4) is 0 Å². The number of anilines is 1. The zero-order valence-electron chi connectivity index (χ0n) is 29.0. The second kappa shape index (κ2) is 17.1. The van der Waals surface area contributed by atoms with E-state index in [0.717, 1.165) is 6.07 Å². The average molecular weight is 850 g/mol. The molecule has 0 aliphatic rings. The smallest absolute Gasteiger partial charge is 0.320 e. The maximum Gasteiger partial charge on any atom is 0.320 e. The predicted octanol–water partition coefficient (Wildman–Crippen LogP) is 5.62. The lowest BCUT2D eigenvalue weighted by Gasteiger charge is -2.25. The quantitative estimate of drug-likeness (QED) is 0.0732. The summed E-state index contributed by atoms with van der Waals surface area (Å²) in [7, 11) is 1.41. The SMILES string of the molecule is COc1ccc2c(Oc3ccc(NC(=O)c4c(C)n(C(I)C(C)OC(=O)CN(C)C)n(-c5ccccc5)c4=O)cc3F)ccnc2c1.CS(=O)(=O)O. The summed E-state index contributed by atoms with van der Waals surface area (Å²) < 4.78 is 60.4. The Kier molecular flexibility index (Phi) is 13.1. The van der Waals surface area contributed by atoms with Gasteiger partial charge in [0.05, 0.1) is 36.8 Å². The van der Waals surface area contributed by atoms with Crippen LogP contribution in [0.2, 0.25) is 0 Å². The third kappa shape index (κ3) is 10.1. The van der Waals surface area contributed by atoms with Crippen LogP contribution >= 0.6 is 22.6 Å². The topological polar surface area (TPSA) is 171 Å².